The summed E-state index contributed by atoms with van der Waals surface area (Å²) < 4.78 is 1.81. The molecule has 0 aliphatic rings. The number of ketones is 1. The Morgan fingerprint density at radius 1 is 0.960 bits per heavy atom. The van der Waals surface area contributed by atoms with Gasteiger partial charge in [-0.05, 0) is 37.3 Å². The maximum absolute atomic E-state index is 12.4. The summed E-state index contributed by atoms with van der Waals surface area (Å²) in [5.74, 6) is -1.14. The largest absolute Gasteiger partial charge is 0.356 e. The highest BCUT2D eigenvalue weighted by Crippen LogP contribution is 2.14. The van der Waals surface area contributed by atoms with E-state index in [1.807, 2.05) is 30.6 Å². The number of nitrogens with zero attached hydrogens (tertiary/aromatic N) is 1. The molecule has 0 saturated heterocycles. The van der Waals surface area contributed by atoms with Gasteiger partial charge in [0.15, 0.2) is 5.78 Å². The van der Waals surface area contributed by atoms with E-state index >= 15 is 0 Å². The number of aromatic amines is 1. The Morgan fingerprint density at radius 2 is 1.64 bits per heavy atom. The molecule has 0 atom stereocenters. The van der Waals surface area contributed by atoms with Gasteiger partial charge in [-0.2, -0.15) is 0 Å². The van der Waals surface area contributed by atoms with E-state index in [4.69, 9.17) is 0 Å². The van der Waals surface area contributed by atoms with Crippen molar-refractivity contribution in [3.63, 3.8) is 0 Å². The van der Waals surface area contributed by atoms with Crippen molar-refractivity contribution in [3.05, 3.63) is 77.9 Å². The smallest absolute Gasteiger partial charge is 0.286 e. The fourth-order valence-electron chi connectivity index (χ4n) is 2.36. The third-order valence-corrected chi connectivity index (χ3v) is 3.66. The van der Waals surface area contributed by atoms with E-state index in [2.05, 4.69) is 15.8 Å². The lowest BCUT2D eigenvalue weighted by molar-refractivity contribution is 0.0844. The summed E-state index contributed by atoms with van der Waals surface area (Å²) in [4.78, 5) is 38.4. The molecule has 0 unspecified atom stereocenters. The first-order chi connectivity index (χ1) is 12.1. The van der Waals surface area contributed by atoms with Gasteiger partial charge in [0.2, 0.25) is 0 Å². The van der Waals surface area contributed by atoms with Crippen LogP contribution in [0.15, 0.2) is 61.1 Å². The molecule has 0 fully saturated rings. The van der Waals surface area contributed by atoms with E-state index in [0.29, 0.717) is 16.8 Å². The number of carbonyl (C=O) groups excluding carboxylic acids is 3. The number of carbonyl (C=O) groups is 3. The van der Waals surface area contributed by atoms with Gasteiger partial charge in [0.05, 0.1) is 11.3 Å². The number of hydrazine groups is 1. The first kappa shape index (κ1) is 16.3. The summed E-state index contributed by atoms with van der Waals surface area (Å²) in [6, 6.07) is 12.2. The molecule has 2 amide bonds. The lowest BCUT2D eigenvalue weighted by Gasteiger charge is -2.11. The van der Waals surface area contributed by atoms with Gasteiger partial charge in [-0.25, -0.2) is 0 Å². The second-order valence-corrected chi connectivity index (χ2v) is 5.37. The average molecular weight is 336 g/mol. The third kappa shape index (κ3) is 3.50. The van der Waals surface area contributed by atoms with Crippen LogP contribution in [-0.4, -0.2) is 27.1 Å². The van der Waals surface area contributed by atoms with Crippen LogP contribution in [0.3, 0.4) is 0 Å². The second-order valence-electron chi connectivity index (χ2n) is 5.37. The summed E-state index contributed by atoms with van der Waals surface area (Å²) in [5.41, 5.74) is 6.40. The molecular formula is C18H16N4O3. The summed E-state index contributed by atoms with van der Waals surface area (Å²) in [5, 5.41) is 0. The lowest BCUT2D eigenvalue weighted by atomic mass is 10.1. The third-order valence-electron chi connectivity index (χ3n) is 3.66. The fraction of sp³-hybridized carbons (Fsp3) is 0.0556. The van der Waals surface area contributed by atoms with Crippen molar-refractivity contribution in [2.45, 2.75) is 6.92 Å². The summed E-state index contributed by atoms with van der Waals surface area (Å²) in [6.07, 6.45) is 5.10. The molecule has 3 aromatic rings. The highest BCUT2D eigenvalue weighted by Gasteiger charge is 2.15. The molecule has 0 aliphatic heterocycles. The summed E-state index contributed by atoms with van der Waals surface area (Å²) in [7, 11) is 0. The van der Waals surface area contributed by atoms with Gasteiger partial charge in [0.25, 0.3) is 11.8 Å². The first-order valence-corrected chi connectivity index (χ1v) is 7.58. The van der Waals surface area contributed by atoms with Crippen LogP contribution >= 0.6 is 0 Å². The summed E-state index contributed by atoms with van der Waals surface area (Å²) in [6.45, 7) is 1.41. The predicted octanol–water partition coefficient (Wildman–Crippen LogP) is 2.08. The minimum atomic E-state index is -0.542. The van der Waals surface area contributed by atoms with Crippen LogP contribution < -0.4 is 10.9 Å². The Kier molecular flexibility index (Phi) is 4.47. The van der Waals surface area contributed by atoms with E-state index < -0.39 is 11.8 Å². The molecule has 0 spiro atoms. The fourth-order valence-corrected chi connectivity index (χ4v) is 2.36. The Hall–Kier alpha value is -3.61. The van der Waals surface area contributed by atoms with Crippen LogP contribution in [0, 0.1) is 0 Å². The Balaban J connectivity index is 1.71. The number of amides is 2. The minimum Gasteiger partial charge on any atom is -0.356 e. The molecule has 0 saturated carbocycles. The highest BCUT2D eigenvalue weighted by molar-refractivity contribution is 6.02. The van der Waals surface area contributed by atoms with Gasteiger partial charge >= 0.3 is 0 Å². The topological polar surface area (TPSA) is 96.0 Å². The van der Waals surface area contributed by atoms with Gasteiger partial charge in [0, 0.05) is 24.2 Å². The quantitative estimate of drug-likeness (QED) is 0.503. The minimum absolute atomic E-state index is 0.153. The SMILES string of the molecule is CC(=O)c1c[nH]c(C(=O)NNC(=O)c2ccccc2-n2cccc2)c1. The number of aromatic nitrogens is 2. The van der Waals surface area contributed by atoms with E-state index in [1.165, 1.54) is 19.2 Å². The standard InChI is InChI=1S/C18H16N4O3/c1-12(23)13-10-15(19-11-13)18(25)21-20-17(24)14-6-2-3-7-16(14)22-8-4-5-9-22/h2-11,19H,1H3,(H,20,24)(H,21,25). The summed E-state index contributed by atoms with van der Waals surface area (Å²) >= 11 is 0. The zero-order chi connectivity index (χ0) is 17.8. The molecule has 7 heteroatoms. The molecule has 7 nitrogen and oxygen atoms in total. The van der Waals surface area contributed by atoms with E-state index in [1.54, 1.807) is 22.8 Å². The molecule has 1 aromatic carbocycles. The molecule has 0 bridgehead atoms. The van der Waals surface area contributed by atoms with E-state index in [-0.39, 0.29) is 11.5 Å². The molecule has 2 aromatic heterocycles. The number of para-hydroxylation sites is 1. The van der Waals surface area contributed by atoms with Crippen molar-refractivity contribution in [3.8, 4) is 5.69 Å². The molecule has 3 rings (SSSR count). The molecular weight excluding hydrogens is 320 g/mol. The number of hydrogen-bond acceptors (Lipinski definition) is 3. The molecule has 0 radical (unpaired) electrons. The van der Waals surface area contributed by atoms with Crippen LogP contribution in [0.25, 0.3) is 5.69 Å². The average Bonchev–Trinajstić information content (AvgIpc) is 3.30. The first-order valence-electron chi connectivity index (χ1n) is 7.58. The van der Waals surface area contributed by atoms with Crippen molar-refractivity contribution in [1.29, 1.82) is 0 Å². The number of nitrogens with one attached hydrogen (secondary N) is 3. The van der Waals surface area contributed by atoms with Crippen molar-refractivity contribution in [1.82, 2.24) is 20.4 Å². The van der Waals surface area contributed by atoms with E-state index in [9.17, 15) is 14.4 Å². The molecule has 0 aliphatic carbocycles. The van der Waals surface area contributed by atoms with Gasteiger partial charge in [-0.3, -0.25) is 25.2 Å². The molecule has 3 N–H and O–H groups in total. The molecule has 2 heterocycles. The predicted molar refractivity (Wildman–Crippen MR) is 91.5 cm³/mol. The van der Waals surface area contributed by atoms with E-state index in [0.717, 1.165) is 0 Å². The maximum Gasteiger partial charge on any atom is 0.286 e. The Morgan fingerprint density at radius 3 is 2.32 bits per heavy atom. The molecule has 25 heavy (non-hydrogen) atoms. The Bertz CT molecular complexity index is 925. The van der Waals surface area contributed by atoms with Crippen molar-refractivity contribution in [2.24, 2.45) is 0 Å². The number of Topliss-reactive ketones (excluding diaryl/α,β-unsaturated/α-hetero) is 1. The van der Waals surface area contributed by atoms with Crippen LogP contribution in [0.2, 0.25) is 0 Å². The zero-order valence-electron chi connectivity index (χ0n) is 13.4. The second kappa shape index (κ2) is 6.88. The van der Waals surface area contributed by atoms with Crippen molar-refractivity contribution < 1.29 is 14.4 Å². The lowest BCUT2D eigenvalue weighted by Crippen LogP contribution is -2.42. The number of rotatable bonds is 4. The molecule has 126 valence electrons. The van der Waals surface area contributed by atoms with Crippen LogP contribution in [-0.2, 0) is 0 Å². The number of hydrogen-bond donors (Lipinski definition) is 3. The van der Waals surface area contributed by atoms with Gasteiger partial charge < -0.3 is 9.55 Å². The monoisotopic (exact) mass is 336 g/mol. The zero-order valence-corrected chi connectivity index (χ0v) is 13.4. The van der Waals surface area contributed by atoms with Gasteiger partial charge in [-0.15, -0.1) is 0 Å². The number of H-pyrrole nitrogens is 1. The van der Waals surface area contributed by atoms with Gasteiger partial charge in [0.1, 0.15) is 5.69 Å². The highest BCUT2D eigenvalue weighted by atomic mass is 16.2. The Labute approximate surface area is 143 Å². The van der Waals surface area contributed by atoms with Crippen LogP contribution in [0.4, 0.5) is 0 Å². The van der Waals surface area contributed by atoms with Crippen LogP contribution in [0.1, 0.15) is 38.1 Å². The number of benzene rings is 1. The van der Waals surface area contributed by atoms with Gasteiger partial charge in [-0.1, -0.05) is 12.1 Å². The van der Waals surface area contributed by atoms with Crippen molar-refractivity contribution in [2.75, 3.05) is 0 Å². The van der Waals surface area contributed by atoms with Crippen molar-refractivity contribution >= 4 is 17.6 Å². The van der Waals surface area contributed by atoms with Crippen LogP contribution in [0.5, 0.6) is 0 Å². The maximum atomic E-state index is 12.4. The normalized spacial score (nSPS) is 10.3.